The van der Waals surface area contributed by atoms with E-state index in [0.717, 1.165) is 36.5 Å². The van der Waals surface area contributed by atoms with Gasteiger partial charge in [-0.05, 0) is 51.9 Å². The highest BCUT2D eigenvalue weighted by molar-refractivity contribution is 5.77. The molecule has 7 heteroatoms. The Hall–Kier alpha value is -2.80. The van der Waals surface area contributed by atoms with E-state index in [-0.39, 0.29) is 5.56 Å². The number of hydrogen-bond acceptors (Lipinski definition) is 6. The molecule has 0 amide bonds. The Labute approximate surface area is 170 Å². The van der Waals surface area contributed by atoms with Crippen LogP contribution < -0.4 is 10.9 Å². The Morgan fingerprint density at radius 2 is 2.00 bits per heavy atom. The topological polar surface area (TPSA) is 75.9 Å². The van der Waals surface area contributed by atoms with E-state index in [0.29, 0.717) is 29.6 Å². The smallest absolute Gasteiger partial charge is 0.261 e. The zero-order chi connectivity index (χ0) is 20.4. The van der Waals surface area contributed by atoms with Crippen LogP contribution in [0.3, 0.4) is 0 Å². The number of para-hydroxylation sites is 1. The van der Waals surface area contributed by atoms with Crippen LogP contribution in [-0.4, -0.2) is 50.1 Å². The summed E-state index contributed by atoms with van der Waals surface area (Å²) >= 11 is 0. The Bertz CT molecular complexity index is 1080. The summed E-state index contributed by atoms with van der Waals surface area (Å²) < 4.78 is 1.69. The molecule has 0 spiro atoms. The third-order valence-electron chi connectivity index (χ3n) is 5.57. The van der Waals surface area contributed by atoms with Crippen LogP contribution in [0.5, 0.6) is 0 Å². The lowest BCUT2D eigenvalue weighted by atomic mass is 10.1. The molecule has 0 bridgehead atoms. The number of fused-ring (bicyclic) bond motifs is 1. The van der Waals surface area contributed by atoms with Gasteiger partial charge in [0.1, 0.15) is 17.5 Å². The highest BCUT2D eigenvalue weighted by atomic mass is 16.1. The molecule has 1 saturated heterocycles. The summed E-state index contributed by atoms with van der Waals surface area (Å²) in [7, 11) is 0. The van der Waals surface area contributed by atoms with Crippen LogP contribution in [0.25, 0.3) is 10.9 Å². The van der Waals surface area contributed by atoms with E-state index in [1.165, 1.54) is 13.0 Å². The molecule has 29 heavy (non-hydrogen) atoms. The first kappa shape index (κ1) is 19.5. The quantitative estimate of drug-likeness (QED) is 0.720. The fourth-order valence-corrected chi connectivity index (χ4v) is 4.08. The van der Waals surface area contributed by atoms with Gasteiger partial charge in [-0.1, -0.05) is 19.1 Å². The second-order valence-electron chi connectivity index (χ2n) is 7.74. The number of likely N-dealkylation sites (N-methyl/N-ethyl adjacent to an activating group) is 1. The number of aromatic nitrogens is 4. The summed E-state index contributed by atoms with van der Waals surface area (Å²) in [6.45, 7) is 9.61. The van der Waals surface area contributed by atoms with E-state index in [2.05, 4.69) is 32.1 Å². The molecule has 3 aromatic rings. The molecule has 2 aromatic heterocycles. The van der Waals surface area contributed by atoms with Gasteiger partial charge in [0.05, 0.1) is 23.1 Å². The van der Waals surface area contributed by atoms with E-state index in [9.17, 15) is 4.79 Å². The molecule has 1 unspecified atom stereocenters. The summed E-state index contributed by atoms with van der Waals surface area (Å²) in [5, 5.41) is 4.20. The van der Waals surface area contributed by atoms with Gasteiger partial charge in [0.25, 0.3) is 5.56 Å². The van der Waals surface area contributed by atoms with Gasteiger partial charge < -0.3 is 10.2 Å². The van der Waals surface area contributed by atoms with Gasteiger partial charge in [-0.25, -0.2) is 15.0 Å². The van der Waals surface area contributed by atoms with Gasteiger partial charge in [0.15, 0.2) is 0 Å². The van der Waals surface area contributed by atoms with Crippen LogP contribution in [0.4, 0.5) is 5.82 Å². The minimum absolute atomic E-state index is 0.0373. The molecule has 7 nitrogen and oxygen atoms in total. The lowest BCUT2D eigenvalue weighted by Gasteiger charge is -2.32. The molecule has 0 saturated carbocycles. The average molecular weight is 393 g/mol. The minimum Gasteiger partial charge on any atom is -0.366 e. The second-order valence-corrected chi connectivity index (χ2v) is 7.74. The summed E-state index contributed by atoms with van der Waals surface area (Å²) in [6, 6.07) is 9.80. The molecule has 0 aliphatic carbocycles. The summed E-state index contributed by atoms with van der Waals surface area (Å²) in [5.41, 5.74) is 1.50. The predicted molar refractivity (Wildman–Crippen MR) is 115 cm³/mol. The Kier molecular flexibility index (Phi) is 5.58. The number of likely N-dealkylation sites (tertiary alicyclic amines) is 1. The van der Waals surface area contributed by atoms with Crippen molar-refractivity contribution in [1.82, 2.24) is 24.4 Å². The number of nitrogens with zero attached hydrogens (tertiary/aromatic N) is 5. The van der Waals surface area contributed by atoms with Crippen molar-refractivity contribution in [1.29, 1.82) is 0 Å². The second kappa shape index (κ2) is 8.29. The van der Waals surface area contributed by atoms with E-state index < -0.39 is 0 Å². The van der Waals surface area contributed by atoms with E-state index in [4.69, 9.17) is 0 Å². The fourth-order valence-electron chi connectivity index (χ4n) is 4.08. The lowest BCUT2D eigenvalue weighted by Crippen LogP contribution is -2.42. The lowest BCUT2D eigenvalue weighted by molar-refractivity contribution is 0.226. The van der Waals surface area contributed by atoms with E-state index in [1.807, 2.05) is 44.2 Å². The first-order valence-corrected chi connectivity index (χ1v) is 10.3. The van der Waals surface area contributed by atoms with Crippen LogP contribution in [0.1, 0.15) is 37.1 Å². The molecule has 3 heterocycles. The monoisotopic (exact) mass is 392 g/mol. The summed E-state index contributed by atoms with van der Waals surface area (Å²) in [5.74, 6) is 2.22. The zero-order valence-electron chi connectivity index (χ0n) is 17.4. The Balaban J connectivity index is 1.60. The van der Waals surface area contributed by atoms with Crippen molar-refractivity contribution in [2.75, 3.05) is 25.0 Å². The van der Waals surface area contributed by atoms with E-state index in [1.54, 1.807) is 4.57 Å². The SMILES string of the molecule is CCN1CCCC(Nc2cc(Cn3c(C)nc4ccccc4c3=O)nc(C)n2)C1. The maximum Gasteiger partial charge on any atom is 0.261 e. The number of anilines is 1. The van der Waals surface area contributed by atoms with E-state index >= 15 is 0 Å². The van der Waals surface area contributed by atoms with Crippen LogP contribution in [-0.2, 0) is 6.54 Å². The van der Waals surface area contributed by atoms with Crippen molar-refractivity contribution >= 4 is 16.7 Å². The van der Waals surface area contributed by atoms with Gasteiger partial charge in [0, 0.05) is 18.7 Å². The number of rotatable bonds is 5. The van der Waals surface area contributed by atoms with Crippen molar-refractivity contribution in [2.45, 2.75) is 46.2 Å². The molecule has 1 fully saturated rings. The number of nitrogens with one attached hydrogen (secondary N) is 1. The molecule has 1 atom stereocenters. The van der Waals surface area contributed by atoms with Crippen molar-refractivity contribution in [3.63, 3.8) is 0 Å². The maximum absolute atomic E-state index is 13.0. The number of aryl methyl sites for hydroxylation is 2. The first-order valence-electron chi connectivity index (χ1n) is 10.3. The highest BCUT2D eigenvalue weighted by Gasteiger charge is 2.19. The van der Waals surface area contributed by atoms with Crippen LogP contribution in [0.15, 0.2) is 35.1 Å². The Morgan fingerprint density at radius 1 is 1.17 bits per heavy atom. The molecule has 4 rings (SSSR count). The third kappa shape index (κ3) is 4.29. The van der Waals surface area contributed by atoms with Crippen LogP contribution in [0, 0.1) is 13.8 Å². The number of piperidine rings is 1. The molecule has 1 aliphatic rings. The fraction of sp³-hybridized carbons (Fsp3) is 0.455. The largest absolute Gasteiger partial charge is 0.366 e. The molecule has 1 N–H and O–H groups in total. The van der Waals surface area contributed by atoms with Gasteiger partial charge in [-0.2, -0.15) is 0 Å². The summed E-state index contributed by atoms with van der Waals surface area (Å²) in [4.78, 5) is 29.2. The van der Waals surface area contributed by atoms with Gasteiger partial charge in [-0.3, -0.25) is 9.36 Å². The number of benzene rings is 1. The molecule has 1 aromatic carbocycles. The standard InChI is InChI=1S/C22H28N6O/c1-4-27-11-7-8-17(13-27)26-21-12-18(23-15(2)24-21)14-28-16(3)25-20-10-6-5-9-19(20)22(28)29/h5-6,9-10,12,17H,4,7-8,11,13-14H2,1-3H3,(H,23,24,26). The first-order chi connectivity index (χ1) is 14.0. The zero-order valence-corrected chi connectivity index (χ0v) is 17.4. The number of hydrogen-bond donors (Lipinski definition) is 1. The third-order valence-corrected chi connectivity index (χ3v) is 5.57. The van der Waals surface area contributed by atoms with Gasteiger partial charge in [-0.15, -0.1) is 0 Å². The predicted octanol–water partition coefficient (Wildman–Crippen LogP) is 2.75. The van der Waals surface area contributed by atoms with Crippen molar-refractivity contribution in [3.8, 4) is 0 Å². The van der Waals surface area contributed by atoms with Gasteiger partial charge in [0.2, 0.25) is 0 Å². The molecular weight excluding hydrogens is 364 g/mol. The average Bonchev–Trinajstić information content (AvgIpc) is 2.71. The molecule has 152 valence electrons. The van der Waals surface area contributed by atoms with Gasteiger partial charge >= 0.3 is 0 Å². The molecule has 1 aliphatic heterocycles. The normalized spacial score (nSPS) is 17.6. The Morgan fingerprint density at radius 3 is 2.83 bits per heavy atom. The maximum atomic E-state index is 13.0. The van der Waals surface area contributed by atoms with Crippen molar-refractivity contribution < 1.29 is 0 Å². The summed E-state index contributed by atoms with van der Waals surface area (Å²) in [6.07, 6.45) is 2.34. The molecular formula is C22H28N6O. The van der Waals surface area contributed by atoms with Crippen LogP contribution >= 0.6 is 0 Å². The molecule has 0 radical (unpaired) electrons. The van der Waals surface area contributed by atoms with Crippen molar-refractivity contribution in [3.05, 3.63) is 58.0 Å². The van der Waals surface area contributed by atoms with Crippen LogP contribution in [0.2, 0.25) is 0 Å². The minimum atomic E-state index is -0.0373. The van der Waals surface area contributed by atoms with Crippen molar-refractivity contribution in [2.24, 2.45) is 0 Å². The highest BCUT2D eigenvalue weighted by Crippen LogP contribution is 2.16.